The maximum Gasteiger partial charge on any atom is 0.156 e. The number of fused-ring (bicyclic) bond motifs is 1. The predicted octanol–water partition coefficient (Wildman–Crippen LogP) is 2.64. The van der Waals surface area contributed by atoms with E-state index in [-0.39, 0.29) is 0 Å². The van der Waals surface area contributed by atoms with Gasteiger partial charge in [-0.25, -0.2) is 0 Å². The summed E-state index contributed by atoms with van der Waals surface area (Å²) in [7, 11) is 0. The molecule has 1 aliphatic rings. The molecule has 64 valence electrons. The first kappa shape index (κ1) is 7.92. The van der Waals surface area contributed by atoms with E-state index >= 15 is 0 Å². The maximum absolute atomic E-state index is 5.56. The lowest BCUT2D eigenvalue weighted by Crippen LogP contribution is -2.28. The Balaban J connectivity index is 2.42. The lowest BCUT2D eigenvalue weighted by molar-refractivity contribution is 0.290. The molecule has 0 radical (unpaired) electrons. The summed E-state index contributed by atoms with van der Waals surface area (Å²) in [6.07, 6.45) is 0. The van der Waals surface area contributed by atoms with E-state index in [1.165, 1.54) is 0 Å². The van der Waals surface area contributed by atoms with Crippen LogP contribution in [-0.2, 0) is 0 Å². The van der Waals surface area contributed by atoms with Crippen molar-refractivity contribution in [3.8, 4) is 5.75 Å². The number of ether oxygens (including phenoxy) is 1. The predicted molar refractivity (Wildman–Crippen MR) is 52.7 cm³/mol. The van der Waals surface area contributed by atoms with Gasteiger partial charge in [0, 0.05) is 0 Å². The zero-order chi connectivity index (χ0) is 8.55. The molecule has 3 heteroatoms. The third-order valence-corrected chi connectivity index (χ3v) is 2.47. The second-order valence-electron chi connectivity index (χ2n) is 2.97. The van der Waals surface area contributed by atoms with Crippen LogP contribution in [0.15, 0.2) is 22.7 Å². The van der Waals surface area contributed by atoms with Crippen molar-refractivity contribution in [1.29, 1.82) is 0 Å². The van der Waals surface area contributed by atoms with Gasteiger partial charge in [0.2, 0.25) is 0 Å². The molecule has 1 atom stereocenters. The minimum atomic E-state index is 0.395. The van der Waals surface area contributed by atoms with Gasteiger partial charge in [0.05, 0.1) is 16.2 Å². The fourth-order valence-electron chi connectivity index (χ4n) is 1.28. The molecule has 1 heterocycles. The molecule has 1 aromatic carbocycles. The van der Waals surface area contributed by atoms with E-state index in [9.17, 15) is 0 Å². The molecule has 0 saturated heterocycles. The van der Waals surface area contributed by atoms with Crippen LogP contribution in [0.4, 0.5) is 5.69 Å². The summed E-state index contributed by atoms with van der Waals surface area (Å²) in [5.41, 5.74) is 1.07. The van der Waals surface area contributed by atoms with Gasteiger partial charge in [-0.3, -0.25) is 0 Å². The summed E-state index contributed by atoms with van der Waals surface area (Å²) in [5, 5.41) is 3.35. The highest BCUT2D eigenvalue weighted by Gasteiger charge is 2.16. The Morgan fingerprint density at radius 2 is 2.42 bits per heavy atom. The Labute approximate surface area is 80.1 Å². The fourth-order valence-corrected chi connectivity index (χ4v) is 1.77. The van der Waals surface area contributed by atoms with Crippen molar-refractivity contribution in [2.75, 3.05) is 11.9 Å². The molecule has 0 bridgehead atoms. The molecule has 0 unspecified atom stereocenters. The van der Waals surface area contributed by atoms with E-state index in [1.54, 1.807) is 0 Å². The lowest BCUT2D eigenvalue weighted by atomic mass is 10.2. The minimum absolute atomic E-state index is 0.395. The van der Waals surface area contributed by atoms with Gasteiger partial charge in [0.15, 0.2) is 5.75 Å². The van der Waals surface area contributed by atoms with Crippen LogP contribution < -0.4 is 10.1 Å². The summed E-state index contributed by atoms with van der Waals surface area (Å²) in [4.78, 5) is 0. The van der Waals surface area contributed by atoms with E-state index in [0.717, 1.165) is 22.5 Å². The van der Waals surface area contributed by atoms with Crippen LogP contribution in [0.1, 0.15) is 6.92 Å². The van der Waals surface area contributed by atoms with Crippen molar-refractivity contribution >= 4 is 21.6 Å². The van der Waals surface area contributed by atoms with Gasteiger partial charge in [0.25, 0.3) is 0 Å². The quantitative estimate of drug-likeness (QED) is 0.736. The molecule has 0 spiro atoms. The van der Waals surface area contributed by atoms with Crippen molar-refractivity contribution < 1.29 is 4.74 Å². The van der Waals surface area contributed by atoms with Crippen molar-refractivity contribution in [1.82, 2.24) is 0 Å². The van der Waals surface area contributed by atoms with Gasteiger partial charge >= 0.3 is 0 Å². The molecular weight excluding hydrogens is 218 g/mol. The van der Waals surface area contributed by atoms with Gasteiger partial charge in [-0.1, -0.05) is 6.07 Å². The average Bonchev–Trinajstić information content (AvgIpc) is 2.04. The van der Waals surface area contributed by atoms with E-state index in [0.29, 0.717) is 6.04 Å². The van der Waals surface area contributed by atoms with Crippen molar-refractivity contribution in [2.45, 2.75) is 13.0 Å². The number of rotatable bonds is 0. The monoisotopic (exact) mass is 227 g/mol. The molecule has 2 rings (SSSR count). The number of anilines is 1. The molecule has 1 aromatic rings. The minimum Gasteiger partial charge on any atom is -0.488 e. The van der Waals surface area contributed by atoms with Crippen LogP contribution in [-0.4, -0.2) is 12.6 Å². The van der Waals surface area contributed by atoms with Crippen LogP contribution in [0, 0.1) is 0 Å². The van der Waals surface area contributed by atoms with Gasteiger partial charge in [-0.05, 0) is 35.0 Å². The van der Waals surface area contributed by atoms with Crippen molar-refractivity contribution in [2.24, 2.45) is 0 Å². The van der Waals surface area contributed by atoms with E-state index in [1.807, 2.05) is 18.2 Å². The van der Waals surface area contributed by atoms with Gasteiger partial charge < -0.3 is 10.1 Å². The number of hydrogen-bond donors (Lipinski definition) is 1. The molecule has 1 aliphatic heterocycles. The largest absolute Gasteiger partial charge is 0.488 e. The molecule has 2 nitrogen and oxygen atoms in total. The second-order valence-corrected chi connectivity index (χ2v) is 3.83. The molecule has 0 amide bonds. The SMILES string of the molecule is C[C@H]1COc2c(Br)cccc2N1. The topological polar surface area (TPSA) is 21.3 Å². The molecule has 0 aromatic heterocycles. The van der Waals surface area contributed by atoms with Crippen LogP contribution in [0.3, 0.4) is 0 Å². The number of halogens is 1. The molecule has 12 heavy (non-hydrogen) atoms. The average molecular weight is 228 g/mol. The van der Waals surface area contributed by atoms with Crippen molar-refractivity contribution in [3.63, 3.8) is 0 Å². The van der Waals surface area contributed by atoms with Gasteiger partial charge in [0.1, 0.15) is 6.61 Å². The number of para-hydroxylation sites is 1. The third-order valence-electron chi connectivity index (χ3n) is 1.85. The van der Waals surface area contributed by atoms with Gasteiger partial charge in [-0.15, -0.1) is 0 Å². The van der Waals surface area contributed by atoms with Crippen molar-refractivity contribution in [3.05, 3.63) is 22.7 Å². The Kier molecular flexibility index (Phi) is 1.97. The first-order valence-electron chi connectivity index (χ1n) is 3.95. The summed E-state index contributed by atoms with van der Waals surface area (Å²) >= 11 is 3.44. The second kappa shape index (κ2) is 2.98. The standard InChI is InChI=1S/C9H10BrNO/c1-6-5-12-9-7(10)3-2-4-8(9)11-6/h2-4,6,11H,5H2,1H3/t6-/m0/s1. The highest BCUT2D eigenvalue weighted by atomic mass is 79.9. The molecule has 0 aliphatic carbocycles. The number of hydrogen-bond acceptors (Lipinski definition) is 2. The van der Waals surface area contributed by atoms with E-state index in [2.05, 4.69) is 28.2 Å². The Morgan fingerprint density at radius 3 is 3.25 bits per heavy atom. The first-order chi connectivity index (χ1) is 5.77. The fraction of sp³-hybridized carbons (Fsp3) is 0.333. The molecule has 0 fully saturated rings. The lowest BCUT2D eigenvalue weighted by Gasteiger charge is -2.25. The molecule has 1 N–H and O–H groups in total. The maximum atomic E-state index is 5.56. The highest BCUT2D eigenvalue weighted by molar-refractivity contribution is 9.10. The van der Waals surface area contributed by atoms with Crippen LogP contribution >= 0.6 is 15.9 Å². The summed E-state index contributed by atoms with van der Waals surface area (Å²) in [6, 6.07) is 6.40. The number of nitrogens with one attached hydrogen (secondary N) is 1. The molecular formula is C9H10BrNO. The summed E-state index contributed by atoms with van der Waals surface area (Å²) in [5.74, 6) is 0.926. The summed E-state index contributed by atoms with van der Waals surface area (Å²) < 4.78 is 6.57. The highest BCUT2D eigenvalue weighted by Crippen LogP contribution is 2.35. The Morgan fingerprint density at radius 1 is 1.58 bits per heavy atom. The Bertz CT molecular complexity index is 301. The molecule has 0 saturated carbocycles. The zero-order valence-electron chi connectivity index (χ0n) is 6.80. The number of benzene rings is 1. The van der Waals surface area contributed by atoms with Crippen LogP contribution in [0.2, 0.25) is 0 Å². The van der Waals surface area contributed by atoms with Gasteiger partial charge in [-0.2, -0.15) is 0 Å². The zero-order valence-corrected chi connectivity index (χ0v) is 8.39. The van der Waals surface area contributed by atoms with Crippen LogP contribution in [0.25, 0.3) is 0 Å². The first-order valence-corrected chi connectivity index (χ1v) is 4.74. The third kappa shape index (κ3) is 1.29. The normalized spacial score (nSPS) is 20.7. The Hall–Kier alpha value is -0.700. The smallest absolute Gasteiger partial charge is 0.156 e. The summed E-state index contributed by atoms with van der Waals surface area (Å²) in [6.45, 7) is 2.83. The van der Waals surface area contributed by atoms with E-state index < -0.39 is 0 Å². The van der Waals surface area contributed by atoms with E-state index in [4.69, 9.17) is 4.74 Å². The van der Waals surface area contributed by atoms with Crippen LogP contribution in [0.5, 0.6) is 5.75 Å².